The van der Waals surface area contributed by atoms with Crippen molar-refractivity contribution >= 4 is 32.8 Å². The van der Waals surface area contributed by atoms with Crippen molar-refractivity contribution in [2.45, 2.75) is 19.4 Å². The van der Waals surface area contributed by atoms with E-state index in [1.165, 1.54) is 0 Å². The number of aliphatic carboxylic acids is 1. The smallest absolute Gasteiger partial charge is 0.329 e. The zero-order chi connectivity index (χ0) is 19.7. The lowest BCUT2D eigenvalue weighted by Gasteiger charge is -2.11. The van der Waals surface area contributed by atoms with Gasteiger partial charge in [-0.05, 0) is 24.1 Å². The fourth-order valence-electron chi connectivity index (χ4n) is 2.81. The number of carboxylic acids is 1. The summed E-state index contributed by atoms with van der Waals surface area (Å²) in [4.78, 5) is 38.3. The maximum absolute atomic E-state index is 14.3. The van der Waals surface area contributed by atoms with E-state index in [1.807, 2.05) is 0 Å². The number of halogens is 3. The summed E-state index contributed by atoms with van der Waals surface area (Å²) in [6.45, 7) is -0.0747. The molecule has 27 heavy (non-hydrogen) atoms. The second-order valence-electron chi connectivity index (χ2n) is 5.92. The van der Waals surface area contributed by atoms with Gasteiger partial charge in [0, 0.05) is 22.5 Å². The molecule has 1 heterocycles. The quantitative estimate of drug-likeness (QED) is 0.640. The Balaban J connectivity index is 2.21. The molecule has 0 amide bonds. The van der Waals surface area contributed by atoms with Crippen molar-refractivity contribution in [3.8, 4) is 0 Å². The van der Waals surface area contributed by atoms with Crippen molar-refractivity contribution in [2.75, 3.05) is 0 Å². The molecule has 0 spiro atoms. The summed E-state index contributed by atoms with van der Waals surface area (Å²) >= 11 is 3.28. The van der Waals surface area contributed by atoms with Crippen LogP contribution in [0.15, 0.2) is 44.4 Å². The molecule has 0 saturated heterocycles. The molecule has 0 fully saturated rings. The Bertz CT molecular complexity index is 1150. The van der Waals surface area contributed by atoms with Crippen LogP contribution in [0.2, 0.25) is 0 Å². The van der Waals surface area contributed by atoms with Crippen molar-refractivity contribution in [2.24, 2.45) is 0 Å². The largest absolute Gasteiger partial charge is 0.481 e. The first-order chi connectivity index (χ1) is 12.8. The highest BCUT2D eigenvalue weighted by atomic mass is 79.9. The number of aromatic nitrogens is 2. The van der Waals surface area contributed by atoms with Gasteiger partial charge in [-0.15, -0.1) is 0 Å². The predicted molar refractivity (Wildman–Crippen MR) is 97.9 cm³/mol. The van der Waals surface area contributed by atoms with E-state index in [0.717, 1.165) is 15.1 Å². The van der Waals surface area contributed by atoms with Crippen LogP contribution < -0.4 is 11.2 Å². The summed E-state index contributed by atoms with van der Waals surface area (Å²) in [5.41, 5.74) is -1.46. The number of nitrogens with one attached hydrogen (secondary N) is 1. The van der Waals surface area contributed by atoms with E-state index >= 15 is 0 Å². The topological polar surface area (TPSA) is 92.2 Å². The number of hydrogen-bond donors (Lipinski definition) is 2. The summed E-state index contributed by atoms with van der Waals surface area (Å²) in [5.74, 6) is -3.77. The molecule has 140 valence electrons. The summed E-state index contributed by atoms with van der Waals surface area (Å²) in [7, 11) is 0. The third-order valence-corrected chi connectivity index (χ3v) is 4.63. The van der Waals surface area contributed by atoms with Crippen LogP contribution in [0, 0.1) is 11.6 Å². The van der Waals surface area contributed by atoms with Gasteiger partial charge >= 0.3 is 11.7 Å². The lowest BCUT2D eigenvalue weighted by atomic mass is 10.0. The fraction of sp³-hybridized carbons (Fsp3) is 0.167. The van der Waals surface area contributed by atoms with Gasteiger partial charge in [0.25, 0.3) is 5.56 Å². The normalized spacial score (nSPS) is 11.1. The molecule has 0 bridgehead atoms. The van der Waals surface area contributed by atoms with Gasteiger partial charge in [-0.2, -0.15) is 0 Å². The fourth-order valence-corrected chi connectivity index (χ4v) is 3.08. The molecule has 0 atom stereocenters. The van der Waals surface area contributed by atoms with Crippen molar-refractivity contribution in [3.05, 3.63) is 78.4 Å². The number of hydrogen-bond acceptors (Lipinski definition) is 3. The van der Waals surface area contributed by atoms with Crippen molar-refractivity contribution < 1.29 is 18.7 Å². The number of benzene rings is 2. The van der Waals surface area contributed by atoms with E-state index in [2.05, 4.69) is 20.9 Å². The van der Waals surface area contributed by atoms with Gasteiger partial charge < -0.3 is 10.1 Å². The summed E-state index contributed by atoms with van der Waals surface area (Å²) in [6.07, 6.45) is -0.865. The van der Waals surface area contributed by atoms with Gasteiger partial charge in [0.2, 0.25) is 0 Å². The molecular formula is C18H13BrF2N2O4. The summed E-state index contributed by atoms with van der Waals surface area (Å²) < 4.78 is 29.8. The number of rotatable bonds is 5. The molecule has 0 aliphatic carbocycles. The number of carboxylic acid groups (broad SMARTS) is 1. The van der Waals surface area contributed by atoms with Crippen LogP contribution in [0.5, 0.6) is 0 Å². The average Bonchev–Trinajstić information content (AvgIpc) is 2.61. The lowest BCUT2D eigenvalue weighted by molar-refractivity contribution is -0.136. The molecule has 1 aromatic heterocycles. The Morgan fingerprint density at radius 3 is 2.48 bits per heavy atom. The van der Waals surface area contributed by atoms with Crippen LogP contribution in [-0.4, -0.2) is 20.6 Å². The number of nitrogens with zero attached hydrogens (tertiary/aromatic N) is 1. The molecular weight excluding hydrogens is 426 g/mol. The van der Waals surface area contributed by atoms with E-state index in [-0.39, 0.29) is 29.4 Å². The molecule has 3 aromatic rings. The maximum atomic E-state index is 14.3. The zero-order valence-corrected chi connectivity index (χ0v) is 15.3. The zero-order valence-electron chi connectivity index (χ0n) is 13.8. The first-order valence-corrected chi connectivity index (χ1v) is 8.67. The van der Waals surface area contributed by atoms with Gasteiger partial charge in [0.1, 0.15) is 0 Å². The minimum Gasteiger partial charge on any atom is -0.481 e. The van der Waals surface area contributed by atoms with Gasteiger partial charge in [-0.1, -0.05) is 28.1 Å². The molecule has 0 aliphatic rings. The molecule has 3 rings (SSSR count). The molecule has 2 aromatic carbocycles. The summed E-state index contributed by atoms with van der Waals surface area (Å²) in [5, 5.41) is 8.60. The molecule has 0 saturated carbocycles. The Hall–Kier alpha value is -2.81. The van der Waals surface area contributed by atoms with E-state index in [4.69, 9.17) is 5.11 Å². The van der Waals surface area contributed by atoms with E-state index in [0.29, 0.717) is 5.56 Å². The number of H-pyrrole nitrogens is 1. The van der Waals surface area contributed by atoms with Gasteiger partial charge in [0.05, 0.1) is 17.4 Å². The number of fused-ring (bicyclic) bond motifs is 1. The van der Waals surface area contributed by atoms with E-state index in [1.54, 1.807) is 24.3 Å². The lowest BCUT2D eigenvalue weighted by Crippen LogP contribution is -2.36. The monoisotopic (exact) mass is 438 g/mol. The minimum atomic E-state index is -1.29. The second kappa shape index (κ2) is 7.43. The second-order valence-corrected chi connectivity index (χ2v) is 6.83. The molecule has 0 aliphatic heterocycles. The molecule has 9 heteroatoms. The van der Waals surface area contributed by atoms with E-state index < -0.39 is 35.3 Å². The number of aryl methyl sites for hydroxylation is 1. The van der Waals surface area contributed by atoms with Crippen molar-refractivity contribution in [3.63, 3.8) is 0 Å². The maximum Gasteiger partial charge on any atom is 0.329 e. The predicted octanol–water partition coefficient (Wildman–Crippen LogP) is 2.80. The highest BCUT2D eigenvalue weighted by Crippen LogP contribution is 2.21. The SMILES string of the molecule is O=C(O)CCc1c(F)c(F)cc2[nH]c(=O)n(Cc3ccc(Br)cc3)c(=O)c12. The Morgan fingerprint density at radius 1 is 1.19 bits per heavy atom. The van der Waals surface area contributed by atoms with E-state index in [9.17, 15) is 23.2 Å². The highest BCUT2D eigenvalue weighted by Gasteiger charge is 2.20. The minimum absolute atomic E-state index is 0.0747. The van der Waals surface area contributed by atoms with Crippen LogP contribution in [0.3, 0.4) is 0 Å². The first kappa shape index (κ1) is 19.0. The van der Waals surface area contributed by atoms with Gasteiger partial charge in [-0.25, -0.2) is 13.6 Å². The van der Waals surface area contributed by atoms with Crippen LogP contribution >= 0.6 is 15.9 Å². The number of aromatic amines is 1. The van der Waals surface area contributed by atoms with Crippen molar-refractivity contribution in [1.82, 2.24) is 9.55 Å². The van der Waals surface area contributed by atoms with Gasteiger partial charge in [-0.3, -0.25) is 14.2 Å². The summed E-state index contributed by atoms with van der Waals surface area (Å²) in [6, 6.07) is 7.61. The molecule has 0 radical (unpaired) electrons. The Kier molecular flexibility index (Phi) is 5.22. The molecule has 2 N–H and O–H groups in total. The van der Waals surface area contributed by atoms with Gasteiger partial charge in [0.15, 0.2) is 11.6 Å². The number of carbonyl (C=O) groups is 1. The molecule has 6 nitrogen and oxygen atoms in total. The van der Waals surface area contributed by atoms with Crippen LogP contribution in [0.1, 0.15) is 17.5 Å². The van der Waals surface area contributed by atoms with Crippen LogP contribution in [-0.2, 0) is 17.8 Å². The first-order valence-electron chi connectivity index (χ1n) is 7.88. The third kappa shape index (κ3) is 3.82. The third-order valence-electron chi connectivity index (χ3n) is 4.11. The standard InChI is InChI=1S/C18H13BrF2N2O4/c19-10-3-1-9(2-4-10)8-23-17(26)15-11(5-6-14(24)25)16(21)12(20)7-13(15)22-18(23)27/h1-4,7H,5-6,8H2,(H,22,27)(H,24,25). The van der Waals surface area contributed by atoms with Crippen LogP contribution in [0.4, 0.5) is 8.78 Å². The average molecular weight is 439 g/mol. The van der Waals surface area contributed by atoms with Crippen LogP contribution in [0.25, 0.3) is 10.9 Å². The van der Waals surface area contributed by atoms with Crippen molar-refractivity contribution in [1.29, 1.82) is 0 Å². The Labute approximate surface area is 159 Å². The highest BCUT2D eigenvalue weighted by molar-refractivity contribution is 9.10. The molecule has 0 unspecified atom stereocenters. The Morgan fingerprint density at radius 2 is 1.85 bits per heavy atom.